The monoisotopic (exact) mass is 474 g/mol. The summed E-state index contributed by atoms with van der Waals surface area (Å²) in [5, 5.41) is 13.1. The number of amides is 1. The maximum absolute atomic E-state index is 13.2. The molecule has 1 fully saturated rings. The van der Waals surface area contributed by atoms with Crippen LogP contribution in [0, 0.1) is 0 Å². The predicted octanol–water partition coefficient (Wildman–Crippen LogP) is 5.76. The van der Waals surface area contributed by atoms with Crippen LogP contribution in [-0.4, -0.2) is 26.7 Å². The van der Waals surface area contributed by atoms with Crippen molar-refractivity contribution < 1.29 is 4.79 Å². The van der Waals surface area contributed by atoms with E-state index in [4.69, 9.17) is 11.6 Å². The summed E-state index contributed by atoms with van der Waals surface area (Å²) in [7, 11) is 0. The van der Waals surface area contributed by atoms with Crippen LogP contribution in [-0.2, 0) is 11.3 Å². The van der Waals surface area contributed by atoms with E-state index in [9.17, 15) is 4.79 Å². The van der Waals surface area contributed by atoms with Crippen LogP contribution in [0.5, 0.6) is 0 Å². The lowest BCUT2D eigenvalue weighted by molar-refractivity contribution is -0.120. The molecular formula is C26H23ClN4OS. The van der Waals surface area contributed by atoms with Crippen LogP contribution in [0.3, 0.4) is 0 Å². The number of thioether (sulfide) groups is 1. The Hall–Kier alpha value is -3.09. The molecule has 0 spiro atoms. The van der Waals surface area contributed by atoms with Gasteiger partial charge in [-0.05, 0) is 48.2 Å². The molecule has 1 amide bonds. The van der Waals surface area contributed by atoms with Crippen LogP contribution in [0.15, 0.2) is 90.1 Å². The second-order valence-electron chi connectivity index (χ2n) is 8.08. The normalized spacial score (nSPS) is 14.1. The maximum atomic E-state index is 13.2. The van der Waals surface area contributed by atoms with Crippen molar-refractivity contribution in [3.8, 4) is 11.4 Å². The number of carbonyl (C=O) groups is 1. The number of benzene rings is 3. The summed E-state index contributed by atoms with van der Waals surface area (Å²) >= 11 is 7.54. The highest BCUT2D eigenvalue weighted by Gasteiger charge is 2.30. The Labute approximate surface area is 202 Å². The Balaban J connectivity index is 1.52. The fourth-order valence-corrected chi connectivity index (χ4v) is 4.78. The highest BCUT2D eigenvalue weighted by atomic mass is 35.5. The van der Waals surface area contributed by atoms with Crippen LogP contribution in [0.2, 0.25) is 5.02 Å². The van der Waals surface area contributed by atoms with E-state index < -0.39 is 5.25 Å². The van der Waals surface area contributed by atoms with E-state index >= 15 is 0 Å². The molecule has 5 rings (SSSR count). The van der Waals surface area contributed by atoms with E-state index in [2.05, 4.69) is 32.2 Å². The predicted molar refractivity (Wildman–Crippen MR) is 132 cm³/mol. The van der Waals surface area contributed by atoms with Gasteiger partial charge in [-0.25, -0.2) is 0 Å². The SMILES string of the molecule is O=C(NC1CC1)[C@@H](Sc1nnc(-c2ccc(Cl)cc2)n1Cc1ccccc1)c1ccccc1. The Morgan fingerprint density at radius 3 is 2.30 bits per heavy atom. The third kappa shape index (κ3) is 5.29. The Morgan fingerprint density at radius 2 is 1.64 bits per heavy atom. The first-order valence-corrected chi connectivity index (χ1v) is 12.2. The number of aromatic nitrogens is 3. The molecule has 1 atom stereocenters. The quantitative estimate of drug-likeness (QED) is 0.330. The second kappa shape index (κ2) is 9.81. The highest BCUT2D eigenvalue weighted by Crippen LogP contribution is 2.37. The molecule has 1 heterocycles. The summed E-state index contributed by atoms with van der Waals surface area (Å²) in [5.41, 5.74) is 3.00. The van der Waals surface area contributed by atoms with Gasteiger partial charge in [-0.15, -0.1) is 10.2 Å². The highest BCUT2D eigenvalue weighted by molar-refractivity contribution is 8.00. The van der Waals surface area contributed by atoms with E-state index in [-0.39, 0.29) is 11.9 Å². The van der Waals surface area contributed by atoms with Gasteiger partial charge in [0.15, 0.2) is 11.0 Å². The zero-order valence-corrected chi connectivity index (χ0v) is 19.5. The average Bonchev–Trinajstić information content (AvgIpc) is 3.58. The minimum atomic E-state index is -0.413. The van der Waals surface area contributed by atoms with Crippen LogP contribution >= 0.6 is 23.4 Å². The second-order valence-corrected chi connectivity index (χ2v) is 9.58. The van der Waals surface area contributed by atoms with Crippen LogP contribution < -0.4 is 5.32 Å². The summed E-state index contributed by atoms with van der Waals surface area (Å²) in [6.45, 7) is 0.597. The van der Waals surface area contributed by atoms with Gasteiger partial charge in [-0.2, -0.15) is 0 Å². The van der Waals surface area contributed by atoms with Crippen LogP contribution in [0.25, 0.3) is 11.4 Å². The number of carbonyl (C=O) groups excluding carboxylic acids is 1. The van der Waals surface area contributed by atoms with Crippen molar-refractivity contribution in [2.24, 2.45) is 0 Å². The molecule has 0 saturated heterocycles. The lowest BCUT2D eigenvalue weighted by Crippen LogP contribution is -2.30. The van der Waals surface area contributed by atoms with Gasteiger partial charge in [-0.3, -0.25) is 9.36 Å². The Kier molecular flexibility index (Phi) is 6.46. The first-order chi connectivity index (χ1) is 16.2. The van der Waals surface area contributed by atoms with Crippen molar-refractivity contribution in [2.75, 3.05) is 0 Å². The molecule has 1 aliphatic carbocycles. The van der Waals surface area contributed by atoms with E-state index in [0.29, 0.717) is 16.7 Å². The molecular weight excluding hydrogens is 452 g/mol. The number of nitrogens with zero attached hydrogens (tertiary/aromatic N) is 3. The van der Waals surface area contributed by atoms with Crippen LogP contribution in [0.4, 0.5) is 0 Å². The van der Waals surface area contributed by atoms with Gasteiger partial charge in [-0.1, -0.05) is 84.0 Å². The molecule has 166 valence electrons. The van der Waals surface area contributed by atoms with Gasteiger partial charge in [0.1, 0.15) is 5.25 Å². The topological polar surface area (TPSA) is 59.8 Å². The molecule has 0 unspecified atom stereocenters. The van der Waals surface area contributed by atoms with Crippen molar-refractivity contribution >= 4 is 29.3 Å². The first kappa shape index (κ1) is 21.7. The molecule has 1 N–H and O–H groups in total. The number of hydrogen-bond acceptors (Lipinski definition) is 4. The molecule has 33 heavy (non-hydrogen) atoms. The standard InChI is InChI=1S/C26H23ClN4OS/c27-21-13-11-20(12-14-21)24-29-30-26(31(24)17-18-7-3-1-4-8-18)33-23(19-9-5-2-6-10-19)25(32)28-22-15-16-22/h1-14,22-23H,15-17H2,(H,28,32)/t23-/m0/s1. The van der Waals surface area contributed by atoms with Crippen molar-refractivity contribution in [3.05, 3.63) is 101 Å². The van der Waals surface area contributed by atoms with Crippen molar-refractivity contribution in [2.45, 2.75) is 35.8 Å². The van der Waals surface area contributed by atoms with Gasteiger partial charge >= 0.3 is 0 Å². The van der Waals surface area contributed by atoms with E-state index in [1.165, 1.54) is 11.8 Å². The van der Waals surface area contributed by atoms with Crippen molar-refractivity contribution in [1.82, 2.24) is 20.1 Å². The molecule has 7 heteroatoms. The lowest BCUT2D eigenvalue weighted by atomic mass is 10.1. The summed E-state index contributed by atoms with van der Waals surface area (Å²) in [5.74, 6) is 0.753. The van der Waals surface area contributed by atoms with Crippen LogP contribution in [0.1, 0.15) is 29.2 Å². The number of halogens is 1. The number of rotatable bonds is 8. The molecule has 5 nitrogen and oxygen atoms in total. The lowest BCUT2D eigenvalue weighted by Gasteiger charge is -2.17. The van der Waals surface area contributed by atoms with E-state index in [1.54, 1.807) is 0 Å². The minimum absolute atomic E-state index is 0.0102. The molecule has 0 bridgehead atoms. The fourth-order valence-electron chi connectivity index (χ4n) is 3.61. The van der Waals surface area contributed by atoms with Gasteiger partial charge in [0.05, 0.1) is 6.54 Å². The molecule has 1 aliphatic rings. The molecule has 0 radical (unpaired) electrons. The molecule has 1 aromatic heterocycles. The van der Waals surface area contributed by atoms with Gasteiger partial charge in [0.25, 0.3) is 0 Å². The maximum Gasteiger partial charge on any atom is 0.238 e. The molecule has 1 saturated carbocycles. The summed E-state index contributed by atoms with van der Waals surface area (Å²) in [6.07, 6.45) is 2.09. The third-order valence-electron chi connectivity index (χ3n) is 5.49. The summed E-state index contributed by atoms with van der Waals surface area (Å²) < 4.78 is 2.07. The smallest absolute Gasteiger partial charge is 0.238 e. The molecule has 0 aliphatic heterocycles. The average molecular weight is 475 g/mol. The van der Waals surface area contributed by atoms with E-state index in [0.717, 1.165) is 35.4 Å². The van der Waals surface area contributed by atoms with Gasteiger partial charge in [0.2, 0.25) is 5.91 Å². The zero-order chi connectivity index (χ0) is 22.6. The first-order valence-electron chi connectivity index (χ1n) is 10.9. The molecule has 3 aromatic carbocycles. The van der Waals surface area contributed by atoms with Gasteiger partial charge < -0.3 is 5.32 Å². The number of hydrogen-bond donors (Lipinski definition) is 1. The van der Waals surface area contributed by atoms with Crippen molar-refractivity contribution in [1.29, 1.82) is 0 Å². The zero-order valence-electron chi connectivity index (χ0n) is 17.9. The fraction of sp³-hybridized carbons (Fsp3) is 0.192. The Morgan fingerprint density at radius 1 is 0.970 bits per heavy atom. The Bertz CT molecular complexity index is 1220. The van der Waals surface area contributed by atoms with E-state index in [1.807, 2.05) is 72.8 Å². The van der Waals surface area contributed by atoms with Gasteiger partial charge in [0, 0.05) is 16.6 Å². The van der Waals surface area contributed by atoms with Crippen molar-refractivity contribution in [3.63, 3.8) is 0 Å². The molecule has 4 aromatic rings. The number of nitrogens with one attached hydrogen (secondary N) is 1. The third-order valence-corrected chi connectivity index (χ3v) is 6.98. The largest absolute Gasteiger partial charge is 0.352 e. The minimum Gasteiger partial charge on any atom is -0.352 e. The summed E-state index contributed by atoms with van der Waals surface area (Å²) in [6, 6.07) is 27.9. The summed E-state index contributed by atoms with van der Waals surface area (Å²) in [4.78, 5) is 13.2.